The molecule has 0 spiro atoms. The molecule has 100 valence electrons. The molecule has 1 aliphatic rings. The Hall–Kier alpha value is -1.16. The van der Waals surface area contributed by atoms with Crippen LogP contribution in [-0.4, -0.2) is 27.7 Å². The van der Waals surface area contributed by atoms with Crippen molar-refractivity contribution in [3.05, 3.63) is 17.6 Å². The summed E-state index contributed by atoms with van der Waals surface area (Å²) in [7, 11) is 0. The number of aromatic nitrogens is 2. The summed E-state index contributed by atoms with van der Waals surface area (Å²) in [6.07, 6.45) is 7.92. The van der Waals surface area contributed by atoms with Gasteiger partial charge >= 0.3 is 0 Å². The number of hydrogen-bond acceptors (Lipinski definition) is 4. The van der Waals surface area contributed by atoms with E-state index in [2.05, 4.69) is 21.8 Å². The standard InChI is InChI=1S/C14H23N3O/c1-3-6-13-7-4-5-8-17(13)14-12(10-18)9-15-11(2)16-14/h9,13,18H,3-8,10H2,1-2H3. The van der Waals surface area contributed by atoms with E-state index < -0.39 is 0 Å². The van der Waals surface area contributed by atoms with Crippen molar-refractivity contribution in [2.24, 2.45) is 0 Å². The summed E-state index contributed by atoms with van der Waals surface area (Å²) >= 11 is 0. The highest BCUT2D eigenvalue weighted by atomic mass is 16.3. The van der Waals surface area contributed by atoms with E-state index in [9.17, 15) is 5.11 Å². The van der Waals surface area contributed by atoms with Crippen molar-refractivity contribution in [3.8, 4) is 0 Å². The van der Waals surface area contributed by atoms with E-state index in [-0.39, 0.29) is 6.61 Å². The zero-order chi connectivity index (χ0) is 13.0. The maximum absolute atomic E-state index is 9.45. The highest BCUT2D eigenvalue weighted by molar-refractivity contribution is 5.47. The van der Waals surface area contributed by atoms with Crippen LogP contribution in [0.3, 0.4) is 0 Å². The first kappa shape index (κ1) is 13.3. The largest absolute Gasteiger partial charge is 0.391 e. The fourth-order valence-corrected chi connectivity index (χ4v) is 2.76. The van der Waals surface area contributed by atoms with E-state index >= 15 is 0 Å². The molecule has 0 saturated carbocycles. The second kappa shape index (κ2) is 6.14. The van der Waals surface area contributed by atoms with E-state index in [1.807, 2.05) is 6.92 Å². The third-order valence-corrected chi connectivity index (χ3v) is 3.65. The molecule has 1 atom stereocenters. The molecule has 0 bridgehead atoms. The van der Waals surface area contributed by atoms with Crippen LogP contribution in [-0.2, 0) is 6.61 Å². The van der Waals surface area contributed by atoms with Gasteiger partial charge in [-0.25, -0.2) is 9.97 Å². The molecular formula is C14H23N3O. The van der Waals surface area contributed by atoms with Crippen LogP contribution in [0.2, 0.25) is 0 Å². The van der Waals surface area contributed by atoms with Gasteiger partial charge in [0.2, 0.25) is 0 Å². The maximum atomic E-state index is 9.45. The summed E-state index contributed by atoms with van der Waals surface area (Å²) in [5.41, 5.74) is 0.851. The SMILES string of the molecule is CCCC1CCCCN1c1nc(C)ncc1CO. The van der Waals surface area contributed by atoms with Crippen molar-refractivity contribution in [1.82, 2.24) is 9.97 Å². The van der Waals surface area contributed by atoms with Crippen molar-refractivity contribution in [3.63, 3.8) is 0 Å². The normalized spacial score (nSPS) is 20.2. The van der Waals surface area contributed by atoms with Crippen molar-refractivity contribution >= 4 is 5.82 Å². The van der Waals surface area contributed by atoms with Crippen LogP contribution in [0.25, 0.3) is 0 Å². The summed E-state index contributed by atoms with van der Waals surface area (Å²) in [5.74, 6) is 1.73. The smallest absolute Gasteiger partial charge is 0.138 e. The lowest BCUT2D eigenvalue weighted by Crippen LogP contribution is -2.40. The molecule has 0 amide bonds. The Morgan fingerprint density at radius 3 is 3.00 bits per heavy atom. The first-order valence-corrected chi connectivity index (χ1v) is 6.96. The molecule has 2 heterocycles. The molecule has 1 saturated heterocycles. The minimum atomic E-state index is 0.0188. The second-order valence-corrected chi connectivity index (χ2v) is 5.06. The molecule has 2 rings (SSSR count). The highest BCUT2D eigenvalue weighted by Crippen LogP contribution is 2.28. The fourth-order valence-electron chi connectivity index (χ4n) is 2.76. The molecular weight excluding hydrogens is 226 g/mol. The molecule has 0 radical (unpaired) electrons. The zero-order valence-electron chi connectivity index (χ0n) is 11.4. The average Bonchev–Trinajstić information content (AvgIpc) is 2.40. The summed E-state index contributed by atoms with van der Waals surface area (Å²) in [6, 6.07) is 0.573. The van der Waals surface area contributed by atoms with Gasteiger partial charge in [-0.2, -0.15) is 0 Å². The molecule has 0 aliphatic carbocycles. The van der Waals surface area contributed by atoms with Crippen LogP contribution in [0.15, 0.2) is 6.20 Å². The van der Waals surface area contributed by atoms with Crippen LogP contribution >= 0.6 is 0 Å². The van der Waals surface area contributed by atoms with E-state index in [1.54, 1.807) is 6.20 Å². The molecule has 1 aromatic heterocycles. The molecule has 4 heteroatoms. The van der Waals surface area contributed by atoms with E-state index in [1.165, 1.54) is 32.1 Å². The minimum absolute atomic E-state index is 0.0188. The Bertz CT molecular complexity index is 393. The summed E-state index contributed by atoms with van der Waals surface area (Å²) in [6.45, 7) is 5.20. The average molecular weight is 249 g/mol. The number of anilines is 1. The van der Waals surface area contributed by atoms with Crippen molar-refractivity contribution < 1.29 is 5.11 Å². The molecule has 1 aliphatic heterocycles. The highest BCUT2D eigenvalue weighted by Gasteiger charge is 2.24. The van der Waals surface area contributed by atoms with Crippen LogP contribution in [0, 0.1) is 6.92 Å². The van der Waals surface area contributed by atoms with Gasteiger partial charge in [-0.05, 0) is 32.6 Å². The summed E-state index contributed by atoms with van der Waals surface area (Å²) < 4.78 is 0. The summed E-state index contributed by atoms with van der Waals surface area (Å²) in [5, 5.41) is 9.45. The molecule has 4 nitrogen and oxygen atoms in total. The summed E-state index contributed by atoms with van der Waals surface area (Å²) in [4.78, 5) is 11.1. The van der Waals surface area contributed by atoms with Crippen LogP contribution < -0.4 is 4.90 Å². The maximum Gasteiger partial charge on any atom is 0.138 e. The van der Waals surface area contributed by atoms with Gasteiger partial charge in [0, 0.05) is 24.3 Å². The number of aryl methyl sites for hydroxylation is 1. The lowest BCUT2D eigenvalue weighted by Gasteiger charge is -2.37. The van der Waals surface area contributed by atoms with Gasteiger partial charge in [0.1, 0.15) is 11.6 Å². The second-order valence-electron chi connectivity index (χ2n) is 5.06. The van der Waals surface area contributed by atoms with Crippen molar-refractivity contribution in [2.45, 2.75) is 58.6 Å². The van der Waals surface area contributed by atoms with Crippen LogP contribution in [0.1, 0.15) is 50.4 Å². The van der Waals surface area contributed by atoms with E-state index in [0.29, 0.717) is 6.04 Å². The lowest BCUT2D eigenvalue weighted by molar-refractivity contribution is 0.280. The topological polar surface area (TPSA) is 49.2 Å². The molecule has 1 fully saturated rings. The fraction of sp³-hybridized carbons (Fsp3) is 0.714. The van der Waals surface area contributed by atoms with Gasteiger partial charge in [0.15, 0.2) is 0 Å². The molecule has 1 aromatic rings. The quantitative estimate of drug-likeness (QED) is 0.890. The van der Waals surface area contributed by atoms with E-state index in [4.69, 9.17) is 0 Å². The third-order valence-electron chi connectivity index (χ3n) is 3.65. The van der Waals surface area contributed by atoms with Crippen LogP contribution in [0.5, 0.6) is 0 Å². The Morgan fingerprint density at radius 1 is 1.44 bits per heavy atom. The first-order chi connectivity index (χ1) is 8.76. The van der Waals surface area contributed by atoms with E-state index in [0.717, 1.165) is 23.8 Å². The lowest BCUT2D eigenvalue weighted by atomic mass is 9.98. The Kier molecular flexibility index (Phi) is 4.53. The first-order valence-electron chi connectivity index (χ1n) is 6.96. The Labute approximate surface area is 109 Å². The molecule has 1 unspecified atom stereocenters. The number of aliphatic hydroxyl groups excluding tert-OH is 1. The van der Waals surface area contributed by atoms with Gasteiger partial charge < -0.3 is 10.0 Å². The van der Waals surface area contributed by atoms with Gasteiger partial charge in [0.25, 0.3) is 0 Å². The molecule has 0 aromatic carbocycles. The third kappa shape index (κ3) is 2.80. The van der Waals surface area contributed by atoms with Crippen molar-refractivity contribution in [1.29, 1.82) is 0 Å². The van der Waals surface area contributed by atoms with Gasteiger partial charge in [0.05, 0.1) is 6.61 Å². The predicted octanol–water partition coefficient (Wildman–Crippen LogP) is 2.44. The number of rotatable bonds is 4. The number of aliphatic hydroxyl groups is 1. The van der Waals surface area contributed by atoms with Crippen LogP contribution in [0.4, 0.5) is 5.82 Å². The predicted molar refractivity (Wildman–Crippen MR) is 72.6 cm³/mol. The Morgan fingerprint density at radius 2 is 2.28 bits per heavy atom. The zero-order valence-corrected chi connectivity index (χ0v) is 11.4. The van der Waals surface area contributed by atoms with Gasteiger partial charge in [-0.3, -0.25) is 0 Å². The molecule has 18 heavy (non-hydrogen) atoms. The van der Waals surface area contributed by atoms with Gasteiger partial charge in [-0.15, -0.1) is 0 Å². The van der Waals surface area contributed by atoms with Crippen molar-refractivity contribution in [2.75, 3.05) is 11.4 Å². The van der Waals surface area contributed by atoms with Gasteiger partial charge in [-0.1, -0.05) is 13.3 Å². The number of nitrogens with zero attached hydrogens (tertiary/aromatic N) is 3. The molecule has 1 N–H and O–H groups in total. The monoisotopic (exact) mass is 249 g/mol. The Balaban J connectivity index is 2.29. The number of hydrogen-bond donors (Lipinski definition) is 1. The number of piperidine rings is 1. The minimum Gasteiger partial charge on any atom is -0.391 e.